The molecule has 6 heteroatoms. The van der Waals surface area contributed by atoms with Gasteiger partial charge in [-0.1, -0.05) is 0 Å². The number of aliphatic carboxylic acids is 1. The minimum Gasteiger partial charge on any atom is -0.480 e. The van der Waals surface area contributed by atoms with E-state index in [1.807, 2.05) is 0 Å². The molecule has 0 saturated carbocycles. The van der Waals surface area contributed by atoms with Crippen molar-refractivity contribution in [2.45, 2.75) is 25.5 Å². The third kappa shape index (κ3) is 5.15. The first-order valence-corrected chi connectivity index (χ1v) is 3.89. The highest BCUT2D eigenvalue weighted by molar-refractivity contribution is 5.80. The summed E-state index contributed by atoms with van der Waals surface area (Å²) in [5, 5.41) is 19.4. The van der Waals surface area contributed by atoms with Crippen molar-refractivity contribution in [1.29, 1.82) is 0 Å². The van der Waals surface area contributed by atoms with Gasteiger partial charge in [-0.3, -0.25) is 9.59 Å². The van der Waals surface area contributed by atoms with E-state index < -0.39 is 24.0 Å². The first-order valence-electron chi connectivity index (χ1n) is 3.89. The molecule has 76 valence electrons. The molecule has 0 bridgehead atoms. The largest absolute Gasteiger partial charge is 0.480 e. The van der Waals surface area contributed by atoms with Gasteiger partial charge in [0.25, 0.3) is 0 Å². The van der Waals surface area contributed by atoms with E-state index in [1.54, 1.807) is 0 Å². The van der Waals surface area contributed by atoms with Crippen molar-refractivity contribution in [2.24, 2.45) is 5.73 Å². The second kappa shape index (κ2) is 5.50. The molecule has 0 aliphatic rings. The molecule has 0 aliphatic heterocycles. The molecule has 13 heavy (non-hydrogen) atoms. The molecule has 0 radical (unpaired) electrons. The zero-order valence-corrected chi connectivity index (χ0v) is 7.36. The minimum atomic E-state index is -1.11. The molecule has 1 amide bonds. The van der Waals surface area contributed by atoms with Crippen LogP contribution in [-0.4, -0.2) is 40.8 Å². The molecule has 5 N–H and O–H groups in total. The maximum Gasteiger partial charge on any atom is 0.320 e. The SMILES string of the molecule is CC(O)C(=O)NCC[C@H](N)C(=O)O. The molecule has 0 heterocycles. The molecule has 0 spiro atoms. The summed E-state index contributed by atoms with van der Waals surface area (Å²) in [5.74, 6) is -1.64. The number of carboxylic acids is 1. The quantitative estimate of drug-likeness (QED) is 0.412. The lowest BCUT2D eigenvalue weighted by Crippen LogP contribution is -2.38. The molecule has 0 aliphatic carbocycles. The molecular formula is C7H14N2O4. The topological polar surface area (TPSA) is 113 Å². The minimum absolute atomic E-state index is 0.147. The van der Waals surface area contributed by atoms with Crippen LogP contribution >= 0.6 is 0 Å². The molecule has 1 unspecified atom stereocenters. The fourth-order valence-electron chi connectivity index (χ4n) is 0.622. The number of nitrogens with two attached hydrogens (primary N) is 1. The fraction of sp³-hybridized carbons (Fsp3) is 0.714. The average Bonchev–Trinajstić information content (AvgIpc) is 2.03. The second-order valence-corrected chi connectivity index (χ2v) is 2.70. The zero-order chi connectivity index (χ0) is 10.4. The van der Waals surface area contributed by atoms with E-state index in [9.17, 15) is 9.59 Å². The molecular weight excluding hydrogens is 176 g/mol. The molecule has 0 aromatic heterocycles. The summed E-state index contributed by atoms with van der Waals surface area (Å²) in [5.41, 5.74) is 5.17. The van der Waals surface area contributed by atoms with E-state index in [-0.39, 0.29) is 13.0 Å². The Balaban J connectivity index is 3.56. The highest BCUT2D eigenvalue weighted by Gasteiger charge is 2.12. The molecule has 0 saturated heterocycles. The Morgan fingerprint density at radius 1 is 1.54 bits per heavy atom. The first-order chi connectivity index (χ1) is 5.95. The summed E-state index contributed by atoms with van der Waals surface area (Å²) >= 11 is 0. The predicted octanol–water partition coefficient (Wildman–Crippen LogP) is -1.71. The molecule has 0 aromatic carbocycles. The van der Waals surface area contributed by atoms with Crippen LogP contribution in [0.5, 0.6) is 0 Å². The van der Waals surface area contributed by atoms with Crippen molar-refractivity contribution in [3.63, 3.8) is 0 Å². The Morgan fingerprint density at radius 3 is 2.46 bits per heavy atom. The molecule has 2 atom stereocenters. The van der Waals surface area contributed by atoms with Crippen molar-refractivity contribution in [1.82, 2.24) is 5.32 Å². The number of carbonyl (C=O) groups excluding carboxylic acids is 1. The Bertz CT molecular complexity index is 193. The van der Waals surface area contributed by atoms with Crippen LogP contribution in [-0.2, 0) is 9.59 Å². The lowest BCUT2D eigenvalue weighted by Gasteiger charge is -2.08. The maximum atomic E-state index is 10.7. The Morgan fingerprint density at radius 2 is 2.08 bits per heavy atom. The van der Waals surface area contributed by atoms with Crippen molar-refractivity contribution in [2.75, 3.05) is 6.54 Å². The number of rotatable bonds is 5. The van der Waals surface area contributed by atoms with Crippen LogP contribution in [0.1, 0.15) is 13.3 Å². The third-order valence-corrected chi connectivity index (χ3v) is 1.45. The van der Waals surface area contributed by atoms with Gasteiger partial charge in [-0.2, -0.15) is 0 Å². The number of aliphatic hydroxyl groups excluding tert-OH is 1. The maximum absolute atomic E-state index is 10.7. The Kier molecular flexibility index (Phi) is 5.01. The Labute approximate surface area is 75.7 Å². The third-order valence-electron chi connectivity index (χ3n) is 1.45. The van der Waals surface area contributed by atoms with Crippen molar-refractivity contribution in [3.05, 3.63) is 0 Å². The van der Waals surface area contributed by atoms with Crippen LogP contribution in [0.3, 0.4) is 0 Å². The standard InChI is InChI=1S/C7H14N2O4/c1-4(10)6(11)9-3-2-5(8)7(12)13/h4-5,10H,2-3,8H2,1H3,(H,9,11)(H,12,13)/t4?,5-/m0/s1. The van der Waals surface area contributed by atoms with E-state index in [1.165, 1.54) is 6.92 Å². The number of nitrogens with one attached hydrogen (secondary N) is 1. The van der Waals surface area contributed by atoms with Gasteiger partial charge in [0.1, 0.15) is 12.1 Å². The van der Waals surface area contributed by atoms with E-state index in [0.717, 1.165) is 0 Å². The number of hydrogen-bond donors (Lipinski definition) is 4. The summed E-state index contributed by atoms with van der Waals surface area (Å²) in [6.45, 7) is 1.48. The molecule has 0 rings (SSSR count). The Hall–Kier alpha value is -1.14. The smallest absolute Gasteiger partial charge is 0.320 e. The van der Waals surface area contributed by atoms with Gasteiger partial charge < -0.3 is 21.3 Å². The van der Waals surface area contributed by atoms with Gasteiger partial charge in [0.05, 0.1) is 0 Å². The summed E-state index contributed by atoms with van der Waals surface area (Å²) in [6, 6.07) is -0.978. The van der Waals surface area contributed by atoms with E-state index in [0.29, 0.717) is 0 Å². The summed E-state index contributed by atoms with van der Waals surface area (Å²) in [6.07, 6.45) is -0.936. The van der Waals surface area contributed by atoms with Crippen molar-refractivity contribution < 1.29 is 19.8 Å². The van der Waals surface area contributed by atoms with Gasteiger partial charge in [0.15, 0.2) is 0 Å². The lowest BCUT2D eigenvalue weighted by atomic mass is 10.2. The van der Waals surface area contributed by atoms with E-state index in [2.05, 4.69) is 5.32 Å². The normalized spacial score (nSPS) is 14.7. The van der Waals surface area contributed by atoms with Crippen LogP contribution in [0.2, 0.25) is 0 Å². The summed E-state index contributed by atoms with van der Waals surface area (Å²) in [7, 11) is 0. The van der Waals surface area contributed by atoms with Gasteiger partial charge in [0.2, 0.25) is 5.91 Å². The molecule has 6 nitrogen and oxygen atoms in total. The van der Waals surface area contributed by atoms with Crippen LogP contribution in [0.25, 0.3) is 0 Å². The second-order valence-electron chi connectivity index (χ2n) is 2.70. The van der Waals surface area contributed by atoms with Crippen LogP contribution in [0.4, 0.5) is 0 Å². The average molecular weight is 190 g/mol. The van der Waals surface area contributed by atoms with Gasteiger partial charge in [-0.15, -0.1) is 0 Å². The lowest BCUT2D eigenvalue weighted by molar-refractivity contribution is -0.139. The van der Waals surface area contributed by atoms with Gasteiger partial charge in [-0.05, 0) is 13.3 Å². The summed E-state index contributed by atoms with van der Waals surface area (Å²) in [4.78, 5) is 21.0. The van der Waals surface area contributed by atoms with Crippen LogP contribution < -0.4 is 11.1 Å². The number of amides is 1. The molecule has 0 fully saturated rings. The predicted molar refractivity (Wildman–Crippen MR) is 44.9 cm³/mol. The molecule has 0 aromatic rings. The van der Waals surface area contributed by atoms with Gasteiger partial charge in [0, 0.05) is 6.54 Å². The highest BCUT2D eigenvalue weighted by Crippen LogP contribution is 1.87. The van der Waals surface area contributed by atoms with Crippen molar-refractivity contribution >= 4 is 11.9 Å². The fourth-order valence-corrected chi connectivity index (χ4v) is 0.622. The van der Waals surface area contributed by atoms with Crippen LogP contribution in [0, 0.1) is 0 Å². The number of hydrogen-bond acceptors (Lipinski definition) is 4. The van der Waals surface area contributed by atoms with E-state index in [4.69, 9.17) is 15.9 Å². The van der Waals surface area contributed by atoms with Gasteiger partial charge in [-0.25, -0.2) is 0 Å². The highest BCUT2D eigenvalue weighted by atomic mass is 16.4. The monoisotopic (exact) mass is 190 g/mol. The number of carbonyl (C=O) groups is 2. The number of carboxylic acid groups (broad SMARTS) is 1. The van der Waals surface area contributed by atoms with Crippen molar-refractivity contribution in [3.8, 4) is 0 Å². The first kappa shape index (κ1) is 11.9. The van der Waals surface area contributed by atoms with Gasteiger partial charge >= 0.3 is 5.97 Å². The number of aliphatic hydroxyl groups is 1. The summed E-state index contributed by atoms with van der Waals surface area (Å²) < 4.78 is 0. The van der Waals surface area contributed by atoms with Crippen LogP contribution in [0.15, 0.2) is 0 Å². The van der Waals surface area contributed by atoms with E-state index >= 15 is 0 Å². The zero-order valence-electron chi connectivity index (χ0n) is 7.36.